The molecule has 1 aliphatic heterocycles. The monoisotopic (exact) mass is 317 g/mol. The molecule has 3 rings (SSSR count). The van der Waals surface area contributed by atoms with E-state index in [-0.39, 0.29) is 11.9 Å². The van der Waals surface area contributed by atoms with Gasteiger partial charge in [-0.25, -0.2) is 4.98 Å². The molecule has 0 spiro atoms. The zero-order chi connectivity index (χ0) is 15.2. The van der Waals surface area contributed by atoms with E-state index >= 15 is 0 Å². The van der Waals surface area contributed by atoms with Crippen LogP contribution in [0.5, 0.6) is 0 Å². The molecule has 1 aromatic heterocycles. The van der Waals surface area contributed by atoms with Crippen LogP contribution in [0.15, 0.2) is 41.9 Å². The molecule has 22 heavy (non-hydrogen) atoms. The van der Waals surface area contributed by atoms with Crippen molar-refractivity contribution in [2.75, 3.05) is 31.6 Å². The number of hydrogen-bond donors (Lipinski definition) is 1. The number of nitrogens with one attached hydrogen (secondary N) is 1. The second kappa shape index (κ2) is 7.38. The molecule has 0 saturated carbocycles. The van der Waals surface area contributed by atoms with Crippen LogP contribution in [0, 0.1) is 0 Å². The molecule has 1 unspecified atom stereocenters. The predicted octanol–water partition coefficient (Wildman–Crippen LogP) is 2.03. The summed E-state index contributed by atoms with van der Waals surface area (Å²) < 4.78 is 5.33. The third-order valence-corrected chi connectivity index (χ3v) is 4.34. The first-order chi connectivity index (χ1) is 10.8. The SMILES string of the molecule is O=C(C(Cc1ccccc1)Nc1nccs1)N1CCOCC1. The van der Waals surface area contributed by atoms with Gasteiger partial charge in [0.25, 0.3) is 0 Å². The second-order valence-corrected chi connectivity index (χ2v) is 6.06. The third-order valence-electron chi connectivity index (χ3n) is 3.63. The molecule has 1 N–H and O–H groups in total. The van der Waals surface area contributed by atoms with Crippen molar-refractivity contribution in [1.29, 1.82) is 0 Å². The number of amides is 1. The lowest BCUT2D eigenvalue weighted by Crippen LogP contribution is -2.48. The third kappa shape index (κ3) is 3.84. The lowest BCUT2D eigenvalue weighted by atomic mass is 10.0. The Labute approximate surface area is 133 Å². The Morgan fingerprint density at radius 3 is 2.77 bits per heavy atom. The van der Waals surface area contributed by atoms with Crippen molar-refractivity contribution < 1.29 is 9.53 Å². The van der Waals surface area contributed by atoms with Gasteiger partial charge in [-0.3, -0.25) is 4.79 Å². The van der Waals surface area contributed by atoms with Crippen LogP contribution in [0.1, 0.15) is 5.56 Å². The topological polar surface area (TPSA) is 54.5 Å². The highest BCUT2D eigenvalue weighted by molar-refractivity contribution is 7.13. The molecule has 1 saturated heterocycles. The lowest BCUT2D eigenvalue weighted by molar-refractivity contribution is -0.136. The maximum absolute atomic E-state index is 12.8. The average Bonchev–Trinajstić information content (AvgIpc) is 3.08. The summed E-state index contributed by atoms with van der Waals surface area (Å²) in [5.41, 5.74) is 1.14. The van der Waals surface area contributed by atoms with Crippen molar-refractivity contribution in [2.45, 2.75) is 12.5 Å². The first kappa shape index (κ1) is 15.0. The number of rotatable bonds is 5. The van der Waals surface area contributed by atoms with E-state index in [1.807, 2.05) is 40.6 Å². The Kier molecular flexibility index (Phi) is 5.03. The van der Waals surface area contributed by atoms with E-state index in [0.717, 1.165) is 10.7 Å². The Bertz CT molecular complexity index is 583. The molecule has 0 bridgehead atoms. The highest BCUT2D eigenvalue weighted by Gasteiger charge is 2.26. The Hall–Kier alpha value is -1.92. The number of carbonyl (C=O) groups excluding carboxylic acids is 1. The van der Waals surface area contributed by atoms with Crippen molar-refractivity contribution in [3.8, 4) is 0 Å². The summed E-state index contributed by atoms with van der Waals surface area (Å²) in [4.78, 5) is 18.9. The van der Waals surface area contributed by atoms with Crippen LogP contribution in [0.3, 0.4) is 0 Å². The molecule has 1 amide bonds. The number of aromatic nitrogens is 1. The Morgan fingerprint density at radius 2 is 2.09 bits per heavy atom. The normalized spacial score (nSPS) is 16.3. The van der Waals surface area contributed by atoms with Gasteiger partial charge in [0.2, 0.25) is 5.91 Å². The minimum Gasteiger partial charge on any atom is -0.378 e. The fraction of sp³-hybridized carbons (Fsp3) is 0.375. The average molecular weight is 317 g/mol. The van der Waals surface area contributed by atoms with Crippen LogP contribution in [-0.4, -0.2) is 48.1 Å². The molecule has 1 fully saturated rings. The molecule has 1 atom stereocenters. The van der Waals surface area contributed by atoms with Gasteiger partial charge in [-0.05, 0) is 5.56 Å². The molecule has 2 heterocycles. The number of hydrogen-bond acceptors (Lipinski definition) is 5. The maximum Gasteiger partial charge on any atom is 0.245 e. The Balaban J connectivity index is 1.74. The molecule has 6 heteroatoms. The van der Waals surface area contributed by atoms with E-state index in [4.69, 9.17) is 4.74 Å². The largest absolute Gasteiger partial charge is 0.378 e. The number of nitrogens with zero attached hydrogens (tertiary/aromatic N) is 2. The van der Waals surface area contributed by atoms with Gasteiger partial charge in [0, 0.05) is 31.1 Å². The van der Waals surface area contributed by atoms with Crippen LogP contribution in [0.4, 0.5) is 5.13 Å². The van der Waals surface area contributed by atoms with E-state index in [9.17, 15) is 4.79 Å². The fourth-order valence-corrected chi connectivity index (χ4v) is 3.08. The van der Waals surface area contributed by atoms with Crippen molar-refractivity contribution in [3.05, 3.63) is 47.5 Å². The molecular weight excluding hydrogens is 298 g/mol. The van der Waals surface area contributed by atoms with Gasteiger partial charge in [-0.15, -0.1) is 11.3 Å². The summed E-state index contributed by atoms with van der Waals surface area (Å²) in [5, 5.41) is 5.96. The van der Waals surface area contributed by atoms with Crippen LogP contribution < -0.4 is 5.32 Å². The summed E-state index contributed by atoms with van der Waals surface area (Å²) in [7, 11) is 0. The minimum atomic E-state index is -0.299. The molecule has 116 valence electrons. The molecule has 1 aliphatic rings. The van der Waals surface area contributed by atoms with E-state index in [0.29, 0.717) is 32.7 Å². The first-order valence-corrected chi connectivity index (χ1v) is 8.27. The lowest BCUT2D eigenvalue weighted by Gasteiger charge is -2.30. The van der Waals surface area contributed by atoms with E-state index in [2.05, 4.69) is 10.3 Å². The number of morpholine rings is 1. The molecule has 0 aliphatic carbocycles. The maximum atomic E-state index is 12.8. The van der Waals surface area contributed by atoms with Crippen molar-refractivity contribution in [3.63, 3.8) is 0 Å². The highest BCUT2D eigenvalue weighted by Crippen LogP contribution is 2.16. The number of carbonyl (C=O) groups is 1. The van der Waals surface area contributed by atoms with E-state index < -0.39 is 0 Å². The van der Waals surface area contributed by atoms with E-state index in [1.165, 1.54) is 11.3 Å². The van der Waals surface area contributed by atoms with E-state index in [1.54, 1.807) is 6.20 Å². The summed E-state index contributed by atoms with van der Waals surface area (Å²) >= 11 is 1.51. The smallest absolute Gasteiger partial charge is 0.245 e. The Morgan fingerprint density at radius 1 is 1.32 bits per heavy atom. The van der Waals surface area contributed by atoms with Crippen molar-refractivity contribution in [1.82, 2.24) is 9.88 Å². The highest BCUT2D eigenvalue weighted by atomic mass is 32.1. The van der Waals surface area contributed by atoms with Crippen LogP contribution in [-0.2, 0) is 16.0 Å². The van der Waals surface area contributed by atoms with Crippen molar-refractivity contribution >= 4 is 22.4 Å². The molecule has 5 nitrogen and oxygen atoms in total. The van der Waals surface area contributed by atoms with Gasteiger partial charge in [0.05, 0.1) is 13.2 Å². The summed E-state index contributed by atoms with van der Waals surface area (Å²) in [6, 6.07) is 9.76. The predicted molar refractivity (Wildman–Crippen MR) is 87.1 cm³/mol. The van der Waals surface area contributed by atoms with Gasteiger partial charge < -0.3 is 15.0 Å². The zero-order valence-corrected chi connectivity index (χ0v) is 13.1. The van der Waals surface area contributed by atoms with Crippen LogP contribution in [0.25, 0.3) is 0 Å². The quantitative estimate of drug-likeness (QED) is 0.917. The summed E-state index contributed by atoms with van der Waals surface area (Å²) in [6.45, 7) is 2.54. The summed E-state index contributed by atoms with van der Waals surface area (Å²) in [5.74, 6) is 0.113. The van der Waals surface area contributed by atoms with Gasteiger partial charge in [0.15, 0.2) is 5.13 Å². The summed E-state index contributed by atoms with van der Waals surface area (Å²) in [6.07, 6.45) is 2.39. The fourth-order valence-electron chi connectivity index (χ4n) is 2.50. The van der Waals surface area contributed by atoms with Crippen LogP contribution in [0.2, 0.25) is 0 Å². The van der Waals surface area contributed by atoms with Gasteiger partial charge >= 0.3 is 0 Å². The molecule has 2 aromatic rings. The number of ether oxygens (including phenoxy) is 1. The van der Waals surface area contributed by atoms with Gasteiger partial charge in [-0.2, -0.15) is 0 Å². The van der Waals surface area contributed by atoms with Gasteiger partial charge in [0.1, 0.15) is 6.04 Å². The molecular formula is C16H19N3O2S. The number of anilines is 1. The van der Waals surface area contributed by atoms with Gasteiger partial charge in [-0.1, -0.05) is 30.3 Å². The first-order valence-electron chi connectivity index (χ1n) is 7.39. The van der Waals surface area contributed by atoms with Crippen molar-refractivity contribution in [2.24, 2.45) is 0 Å². The second-order valence-electron chi connectivity index (χ2n) is 5.16. The number of benzene rings is 1. The van der Waals surface area contributed by atoms with Crippen LogP contribution >= 0.6 is 11.3 Å². The number of thiazole rings is 1. The zero-order valence-electron chi connectivity index (χ0n) is 12.3. The standard InChI is InChI=1S/C16H19N3O2S/c20-15(19-7-9-21-10-8-19)14(18-16-17-6-11-22-16)12-13-4-2-1-3-5-13/h1-6,11,14H,7-10,12H2,(H,17,18). The molecule has 1 aromatic carbocycles. The minimum absolute atomic E-state index is 0.113. The molecule has 0 radical (unpaired) electrons.